The van der Waals surface area contributed by atoms with Gasteiger partial charge in [0, 0.05) is 18.7 Å². The SMILES string of the molecule is CCCN(Cc1ccc(-c2nn[nH]n2)cc1)CC1C2COCC21. The molecule has 1 aromatic carbocycles. The maximum Gasteiger partial charge on any atom is 0.204 e. The van der Waals surface area contributed by atoms with Gasteiger partial charge in [0.25, 0.3) is 0 Å². The number of ether oxygens (including phenoxy) is 1. The van der Waals surface area contributed by atoms with Crippen LogP contribution < -0.4 is 0 Å². The lowest BCUT2D eigenvalue weighted by Crippen LogP contribution is -2.28. The molecule has 1 aliphatic heterocycles. The molecule has 2 aromatic rings. The number of fused-ring (bicyclic) bond motifs is 1. The number of hydrogen-bond acceptors (Lipinski definition) is 5. The molecular formula is C17H23N5O. The second kappa shape index (κ2) is 6.37. The number of hydrogen-bond donors (Lipinski definition) is 1. The van der Waals surface area contributed by atoms with Crippen LogP contribution in [0.3, 0.4) is 0 Å². The number of rotatable bonds is 7. The molecule has 23 heavy (non-hydrogen) atoms. The fraction of sp³-hybridized carbons (Fsp3) is 0.588. The van der Waals surface area contributed by atoms with Crippen molar-refractivity contribution in [3.8, 4) is 11.4 Å². The van der Waals surface area contributed by atoms with Crippen molar-refractivity contribution < 1.29 is 4.74 Å². The van der Waals surface area contributed by atoms with Gasteiger partial charge in [-0.15, -0.1) is 10.2 Å². The molecule has 1 N–H and O–H groups in total. The number of nitrogens with one attached hydrogen (secondary N) is 1. The number of aromatic nitrogens is 4. The van der Waals surface area contributed by atoms with Crippen molar-refractivity contribution in [1.29, 1.82) is 0 Å². The number of nitrogens with zero attached hydrogens (tertiary/aromatic N) is 4. The smallest absolute Gasteiger partial charge is 0.204 e. The predicted octanol–water partition coefficient (Wildman–Crippen LogP) is 1.97. The van der Waals surface area contributed by atoms with Crippen molar-refractivity contribution in [2.75, 3.05) is 26.3 Å². The van der Waals surface area contributed by atoms with E-state index in [9.17, 15) is 0 Å². The Morgan fingerprint density at radius 1 is 1.22 bits per heavy atom. The van der Waals surface area contributed by atoms with Crippen LogP contribution in [0.5, 0.6) is 0 Å². The maximum absolute atomic E-state index is 5.51. The lowest BCUT2D eigenvalue weighted by atomic mass is 10.1. The first-order chi connectivity index (χ1) is 11.3. The Morgan fingerprint density at radius 3 is 2.65 bits per heavy atom. The predicted molar refractivity (Wildman–Crippen MR) is 86.5 cm³/mol. The Balaban J connectivity index is 1.38. The minimum absolute atomic E-state index is 0.646. The van der Waals surface area contributed by atoms with E-state index in [1.165, 1.54) is 18.5 Å². The topological polar surface area (TPSA) is 66.9 Å². The van der Waals surface area contributed by atoms with E-state index in [1.54, 1.807) is 0 Å². The molecule has 6 nitrogen and oxygen atoms in total. The molecule has 2 atom stereocenters. The number of benzene rings is 1. The van der Waals surface area contributed by atoms with Crippen LogP contribution in [0.25, 0.3) is 11.4 Å². The first-order valence-corrected chi connectivity index (χ1v) is 8.48. The summed E-state index contributed by atoms with van der Waals surface area (Å²) in [5.74, 6) is 3.16. The first-order valence-electron chi connectivity index (χ1n) is 8.48. The Hall–Kier alpha value is -1.79. The summed E-state index contributed by atoms with van der Waals surface area (Å²) in [6, 6.07) is 8.49. The Labute approximate surface area is 136 Å². The van der Waals surface area contributed by atoms with E-state index in [1.807, 2.05) is 0 Å². The van der Waals surface area contributed by atoms with Crippen LogP contribution >= 0.6 is 0 Å². The van der Waals surface area contributed by atoms with Gasteiger partial charge >= 0.3 is 0 Å². The largest absolute Gasteiger partial charge is 0.381 e. The quantitative estimate of drug-likeness (QED) is 0.846. The highest BCUT2D eigenvalue weighted by atomic mass is 16.5. The number of aromatic amines is 1. The zero-order chi connectivity index (χ0) is 15.6. The van der Waals surface area contributed by atoms with Crippen molar-refractivity contribution in [3.05, 3.63) is 29.8 Å². The Bertz CT molecular complexity index is 617. The van der Waals surface area contributed by atoms with Crippen LogP contribution in [-0.2, 0) is 11.3 Å². The van der Waals surface area contributed by atoms with Gasteiger partial charge in [-0.05, 0) is 41.5 Å². The minimum Gasteiger partial charge on any atom is -0.381 e. The molecule has 1 saturated heterocycles. The molecule has 6 heteroatoms. The van der Waals surface area contributed by atoms with Crippen LogP contribution in [0.2, 0.25) is 0 Å². The number of tetrazole rings is 1. The molecule has 1 aliphatic carbocycles. The van der Waals surface area contributed by atoms with Gasteiger partial charge in [0.2, 0.25) is 5.82 Å². The van der Waals surface area contributed by atoms with E-state index >= 15 is 0 Å². The molecule has 0 bridgehead atoms. The molecule has 0 amide bonds. The fourth-order valence-electron chi connectivity index (χ4n) is 3.78. The van der Waals surface area contributed by atoms with Gasteiger partial charge in [0.05, 0.1) is 13.2 Å². The van der Waals surface area contributed by atoms with Crippen molar-refractivity contribution in [3.63, 3.8) is 0 Å². The summed E-state index contributed by atoms with van der Waals surface area (Å²) in [4.78, 5) is 2.59. The summed E-state index contributed by atoms with van der Waals surface area (Å²) in [5, 5.41) is 14.1. The highest BCUT2D eigenvalue weighted by Crippen LogP contribution is 2.51. The third-order valence-corrected chi connectivity index (χ3v) is 5.10. The summed E-state index contributed by atoms with van der Waals surface area (Å²) < 4.78 is 5.51. The maximum atomic E-state index is 5.51. The van der Waals surface area contributed by atoms with Crippen molar-refractivity contribution in [1.82, 2.24) is 25.5 Å². The third-order valence-electron chi connectivity index (χ3n) is 5.10. The minimum atomic E-state index is 0.646. The molecule has 1 saturated carbocycles. The average Bonchev–Trinajstić information content (AvgIpc) is 3.01. The summed E-state index contributed by atoms with van der Waals surface area (Å²) in [6.07, 6.45) is 1.19. The van der Waals surface area contributed by atoms with Gasteiger partial charge in [-0.3, -0.25) is 4.90 Å². The van der Waals surface area contributed by atoms with E-state index in [-0.39, 0.29) is 0 Å². The second-order valence-electron chi connectivity index (χ2n) is 6.70. The third kappa shape index (κ3) is 3.14. The zero-order valence-corrected chi connectivity index (χ0v) is 13.5. The summed E-state index contributed by atoms with van der Waals surface area (Å²) in [5.41, 5.74) is 2.34. The molecule has 4 rings (SSSR count). The summed E-state index contributed by atoms with van der Waals surface area (Å²) in [7, 11) is 0. The van der Waals surface area contributed by atoms with Crippen molar-refractivity contribution >= 4 is 0 Å². The highest BCUT2D eigenvalue weighted by molar-refractivity contribution is 5.54. The van der Waals surface area contributed by atoms with Crippen LogP contribution in [-0.4, -0.2) is 51.8 Å². The molecule has 2 unspecified atom stereocenters. The monoisotopic (exact) mass is 313 g/mol. The molecule has 2 heterocycles. The van der Waals surface area contributed by atoms with Gasteiger partial charge in [-0.25, -0.2) is 0 Å². The fourth-order valence-corrected chi connectivity index (χ4v) is 3.78. The van der Waals surface area contributed by atoms with Crippen molar-refractivity contribution in [2.45, 2.75) is 19.9 Å². The lowest BCUT2D eigenvalue weighted by molar-refractivity contribution is 0.137. The normalized spacial score (nSPS) is 25.7. The summed E-state index contributed by atoms with van der Waals surface area (Å²) >= 11 is 0. The number of H-pyrrole nitrogens is 1. The van der Waals surface area contributed by atoms with E-state index in [0.717, 1.165) is 49.6 Å². The molecule has 0 radical (unpaired) electrons. The first kappa shape index (κ1) is 14.8. The van der Waals surface area contributed by atoms with Gasteiger partial charge < -0.3 is 4.74 Å². The average molecular weight is 313 g/mol. The zero-order valence-electron chi connectivity index (χ0n) is 13.5. The molecule has 122 valence electrons. The molecule has 1 aromatic heterocycles. The van der Waals surface area contributed by atoms with Gasteiger partial charge in [0.15, 0.2) is 0 Å². The van der Waals surface area contributed by atoms with Crippen LogP contribution in [0.15, 0.2) is 24.3 Å². The lowest BCUT2D eigenvalue weighted by Gasteiger charge is -2.23. The Kier molecular flexibility index (Phi) is 4.10. The van der Waals surface area contributed by atoms with E-state index in [0.29, 0.717) is 5.82 Å². The van der Waals surface area contributed by atoms with Gasteiger partial charge in [0.1, 0.15) is 0 Å². The van der Waals surface area contributed by atoms with E-state index in [4.69, 9.17) is 4.74 Å². The van der Waals surface area contributed by atoms with Crippen LogP contribution in [0.1, 0.15) is 18.9 Å². The molecule has 2 fully saturated rings. The summed E-state index contributed by atoms with van der Waals surface area (Å²) in [6.45, 7) is 7.59. The van der Waals surface area contributed by atoms with E-state index < -0.39 is 0 Å². The van der Waals surface area contributed by atoms with E-state index in [2.05, 4.69) is 56.7 Å². The molecule has 0 spiro atoms. The highest BCUT2D eigenvalue weighted by Gasteiger charge is 2.53. The van der Waals surface area contributed by atoms with Crippen LogP contribution in [0.4, 0.5) is 0 Å². The second-order valence-corrected chi connectivity index (χ2v) is 6.70. The van der Waals surface area contributed by atoms with Gasteiger partial charge in [-0.1, -0.05) is 31.2 Å². The standard InChI is InChI=1S/C17H23N5O/c1-2-7-22(9-14-15-10-23-11-16(14)15)8-12-3-5-13(6-4-12)17-18-20-21-19-17/h3-6,14-16H,2,7-11H2,1H3,(H,18,19,20,21). The van der Waals surface area contributed by atoms with Crippen molar-refractivity contribution in [2.24, 2.45) is 17.8 Å². The molecule has 2 aliphatic rings. The van der Waals surface area contributed by atoms with Gasteiger partial charge in [-0.2, -0.15) is 5.21 Å². The Morgan fingerprint density at radius 2 is 2.00 bits per heavy atom. The van der Waals surface area contributed by atoms with Crippen LogP contribution in [0, 0.1) is 17.8 Å². The molecular weight excluding hydrogens is 290 g/mol.